The molecule has 7 nitrogen and oxygen atoms in total. The minimum Gasteiger partial charge on any atom is -0.425 e. The lowest BCUT2D eigenvalue weighted by atomic mass is 9.98. The number of fused-ring (bicyclic) bond motifs is 1. The first-order chi connectivity index (χ1) is 18.1. The molecule has 0 aliphatic rings. The highest BCUT2D eigenvalue weighted by Gasteiger charge is 2.27. The summed E-state index contributed by atoms with van der Waals surface area (Å²) in [6, 6.07) is 18.4. The van der Waals surface area contributed by atoms with Crippen molar-refractivity contribution in [1.29, 1.82) is 0 Å². The molecule has 0 aliphatic heterocycles. The second-order valence-corrected chi connectivity index (χ2v) is 11.1. The lowest BCUT2D eigenvalue weighted by Crippen LogP contribution is -2.42. The van der Waals surface area contributed by atoms with E-state index in [1.165, 1.54) is 12.1 Å². The average Bonchev–Trinajstić information content (AvgIpc) is 2.89. The standard InChI is InChI=1S/C30H31NO6S/c1-5-9-26(31-38(34,35)23-14-12-19(2)13-15-23)30(33)36-27-17-16-24-20(3)25(18-22-10-7-6-8-11-22)29(32)37-28(24)21(27)4/h6-8,10-17,26,31H,5,9,18H2,1-4H3/t26-/m0/s1. The third-order valence-corrected chi connectivity index (χ3v) is 8.07. The third kappa shape index (κ3) is 5.87. The normalized spacial score (nSPS) is 12.4. The Morgan fingerprint density at radius 1 is 0.947 bits per heavy atom. The van der Waals surface area contributed by atoms with Crippen LogP contribution in [0.5, 0.6) is 5.75 Å². The van der Waals surface area contributed by atoms with Crippen molar-refractivity contribution in [3.05, 3.63) is 105 Å². The molecule has 38 heavy (non-hydrogen) atoms. The van der Waals surface area contributed by atoms with E-state index in [-0.39, 0.29) is 17.1 Å². The Morgan fingerprint density at radius 3 is 2.29 bits per heavy atom. The Balaban J connectivity index is 1.61. The molecule has 198 valence electrons. The highest BCUT2D eigenvalue weighted by molar-refractivity contribution is 7.89. The van der Waals surface area contributed by atoms with Gasteiger partial charge in [-0.25, -0.2) is 18.0 Å². The molecular formula is C30H31NO6S. The summed E-state index contributed by atoms with van der Waals surface area (Å²) in [5.74, 6) is -0.527. The van der Waals surface area contributed by atoms with E-state index in [0.29, 0.717) is 29.6 Å². The minimum absolute atomic E-state index is 0.0717. The molecule has 0 fully saturated rings. The zero-order valence-electron chi connectivity index (χ0n) is 21.9. The molecule has 0 spiro atoms. The van der Waals surface area contributed by atoms with Gasteiger partial charge in [-0.2, -0.15) is 4.72 Å². The fourth-order valence-electron chi connectivity index (χ4n) is 4.35. The number of sulfonamides is 1. The zero-order chi connectivity index (χ0) is 27.4. The molecule has 1 atom stereocenters. The van der Waals surface area contributed by atoms with Crippen molar-refractivity contribution < 1.29 is 22.4 Å². The van der Waals surface area contributed by atoms with Crippen molar-refractivity contribution >= 4 is 27.0 Å². The SMILES string of the molecule is CCC[C@H](NS(=O)(=O)c1ccc(C)cc1)C(=O)Oc1ccc2c(C)c(Cc3ccccc3)c(=O)oc2c1C. The molecule has 1 N–H and O–H groups in total. The highest BCUT2D eigenvalue weighted by Crippen LogP contribution is 2.30. The first-order valence-corrected chi connectivity index (χ1v) is 14.0. The van der Waals surface area contributed by atoms with Gasteiger partial charge in [0.1, 0.15) is 17.4 Å². The van der Waals surface area contributed by atoms with Gasteiger partial charge in [0.05, 0.1) is 4.90 Å². The van der Waals surface area contributed by atoms with Gasteiger partial charge in [0.25, 0.3) is 0 Å². The van der Waals surface area contributed by atoms with Crippen LogP contribution in [0.1, 0.15) is 47.6 Å². The molecule has 0 aliphatic carbocycles. The van der Waals surface area contributed by atoms with Gasteiger partial charge in [0.2, 0.25) is 10.0 Å². The predicted molar refractivity (Wildman–Crippen MR) is 147 cm³/mol. The maximum Gasteiger partial charge on any atom is 0.340 e. The minimum atomic E-state index is -3.93. The second-order valence-electron chi connectivity index (χ2n) is 9.42. The van der Waals surface area contributed by atoms with Crippen LogP contribution in [-0.2, 0) is 21.2 Å². The molecule has 0 radical (unpaired) electrons. The van der Waals surface area contributed by atoms with Crippen LogP contribution in [0.15, 0.2) is 80.8 Å². The molecule has 8 heteroatoms. The van der Waals surface area contributed by atoms with Gasteiger partial charge < -0.3 is 9.15 Å². The van der Waals surface area contributed by atoms with Crippen molar-refractivity contribution in [3.63, 3.8) is 0 Å². The number of carbonyl (C=O) groups excluding carboxylic acids is 1. The summed E-state index contributed by atoms with van der Waals surface area (Å²) in [5, 5.41) is 0.748. The van der Waals surface area contributed by atoms with Gasteiger partial charge in [-0.05, 0) is 62.6 Å². The summed E-state index contributed by atoms with van der Waals surface area (Å²) in [6.07, 6.45) is 1.26. The van der Waals surface area contributed by atoms with E-state index in [0.717, 1.165) is 22.1 Å². The summed E-state index contributed by atoms with van der Waals surface area (Å²) < 4.78 is 39.6. The average molecular weight is 534 g/mol. The monoisotopic (exact) mass is 533 g/mol. The number of esters is 1. The van der Waals surface area contributed by atoms with Gasteiger partial charge in [-0.15, -0.1) is 0 Å². The number of ether oxygens (including phenoxy) is 1. The summed E-state index contributed by atoms with van der Waals surface area (Å²) in [4.78, 5) is 26.1. The first-order valence-electron chi connectivity index (χ1n) is 12.5. The fourth-order valence-corrected chi connectivity index (χ4v) is 5.57. The molecule has 4 aromatic rings. The van der Waals surface area contributed by atoms with Crippen LogP contribution in [0.25, 0.3) is 11.0 Å². The lowest BCUT2D eigenvalue weighted by Gasteiger charge is -2.18. The lowest BCUT2D eigenvalue weighted by molar-refractivity contribution is -0.136. The van der Waals surface area contributed by atoms with Crippen molar-refractivity contribution in [1.82, 2.24) is 4.72 Å². The molecule has 0 amide bonds. The molecule has 0 saturated carbocycles. The molecule has 3 aromatic carbocycles. The van der Waals surface area contributed by atoms with Gasteiger partial charge in [-0.3, -0.25) is 0 Å². The van der Waals surface area contributed by atoms with Crippen molar-refractivity contribution in [2.45, 2.75) is 57.9 Å². The van der Waals surface area contributed by atoms with Gasteiger partial charge in [0, 0.05) is 22.9 Å². The number of hydrogen-bond acceptors (Lipinski definition) is 6. The molecule has 1 aromatic heterocycles. The van der Waals surface area contributed by atoms with Crippen LogP contribution in [0.2, 0.25) is 0 Å². The van der Waals surface area contributed by atoms with E-state index in [9.17, 15) is 18.0 Å². The summed E-state index contributed by atoms with van der Waals surface area (Å²) >= 11 is 0. The summed E-state index contributed by atoms with van der Waals surface area (Å²) in [6.45, 7) is 7.29. The quantitative estimate of drug-likeness (QED) is 0.176. The Labute approximate surface area is 222 Å². The Morgan fingerprint density at radius 2 is 1.63 bits per heavy atom. The highest BCUT2D eigenvalue weighted by atomic mass is 32.2. The van der Waals surface area contributed by atoms with Gasteiger partial charge in [-0.1, -0.05) is 61.4 Å². The van der Waals surface area contributed by atoms with E-state index in [1.807, 2.05) is 51.1 Å². The van der Waals surface area contributed by atoms with Crippen LogP contribution in [0, 0.1) is 20.8 Å². The van der Waals surface area contributed by atoms with E-state index >= 15 is 0 Å². The fraction of sp³-hybridized carbons (Fsp3) is 0.267. The molecule has 0 bridgehead atoms. The number of hydrogen-bond donors (Lipinski definition) is 1. The first kappa shape index (κ1) is 27.3. The van der Waals surface area contributed by atoms with E-state index in [2.05, 4.69) is 4.72 Å². The smallest absolute Gasteiger partial charge is 0.340 e. The Bertz CT molecular complexity index is 1620. The van der Waals surface area contributed by atoms with Crippen LogP contribution >= 0.6 is 0 Å². The number of aryl methyl sites for hydroxylation is 3. The maximum absolute atomic E-state index is 13.1. The second kappa shape index (κ2) is 11.3. The molecular weight excluding hydrogens is 502 g/mol. The number of benzene rings is 3. The topological polar surface area (TPSA) is 103 Å². The number of nitrogens with one attached hydrogen (secondary N) is 1. The largest absolute Gasteiger partial charge is 0.425 e. The van der Waals surface area contributed by atoms with Crippen LogP contribution in [0.4, 0.5) is 0 Å². The zero-order valence-corrected chi connectivity index (χ0v) is 22.7. The van der Waals surface area contributed by atoms with Crippen LogP contribution in [0.3, 0.4) is 0 Å². The third-order valence-electron chi connectivity index (χ3n) is 6.58. The molecule has 0 unspecified atom stereocenters. The predicted octanol–water partition coefficient (Wildman–Crippen LogP) is 5.36. The number of rotatable bonds is 9. The van der Waals surface area contributed by atoms with Crippen molar-refractivity contribution in [3.8, 4) is 5.75 Å². The van der Waals surface area contributed by atoms with E-state index in [1.54, 1.807) is 31.2 Å². The summed E-state index contributed by atoms with van der Waals surface area (Å²) in [5.41, 5.74) is 3.67. The van der Waals surface area contributed by atoms with Crippen LogP contribution < -0.4 is 15.1 Å². The molecule has 0 saturated heterocycles. The van der Waals surface area contributed by atoms with Gasteiger partial charge >= 0.3 is 11.6 Å². The van der Waals surface area contributed by atoms with Gasteiger partial charge in [0.15, 0.2) is 0 Å². The maximum atomic E-state index is 13.1. The van der Waals surface area contributed by atoms with Crippen molar-refractivity contribution in [2.75, 3.05) is 0 Å². The summed E-state index contributed by atoms with van der Waals surface area (Å²) in [7, 11) is -3.93. The number of carbonyl (C=O) groups is 1. The van der Waals surface area contributed by atoms with E-state index < -0.39 is 27.7 Å². The molecule has 1 heterocycles. The molecule has 4 rings (SSSR count). The Kier molecular flexibility index (Phi) is 8.14. The Hall–Kier alpha value is -3.75. The van der Waals surface area contributed by atoms with Crippen molar-refractivity contribution in [2.24, 2.45) is 0 Å². The van der Waals surface area contributed by atoms with Crippen LogP contribution in [-0.4, -0.2) is 20.4 Å². The van der Waals surface area contributed by atoms with E-state index in [4.69, 9.17) is 9.15 Å².